The Labute approximate surface area is 159 Å². The Bertz CT molecular complexity index is 616. The zero-order valence-corrected chi connectivity index (χ0v) is 16.2. The number of hydrogen-bond donors (Lipinski definition) is 0. The van der Waals surface area contributed by atoms with Crippen molar-refractivity contribution in [2.45, 2.75) is 57.8 Å². The van der Waals surface area contributed by atoms with Gasteiger partial charge in [0.1, 0.15) is 12.4 Å². The summed E-state index contributed by atoms with van der Waals surface area (Å²) in [4.78, 5) is 2.43. The van der Waals surface area contributed by atoms with E-state index in [0.29, 0.717) is 0 Å². The predicted molar refractivity (Wildman–Crippen MR) is 111 cm³/mol. The molecule has 1 fully saturated rings. The van der Waals surface area contributed by atoms with E-state index in [1.165, 1.54) is 56.2 Å². The predicted octanol–water partition coefficient (Wildman–Crippen LogP) is 6.42. The Hall–Kier alpha value is -1.96. The van der Waals surface area contributed by atoms with Crippen molar-refractivity contribution >= 4 is 5.69 Å². The molecule has 1 saturated carbocycles. The van der Waals surface area contributed by atoms with Crippen LogP contribution in [0.4, 0.5) is 5.69 Å². The maximum atomic E-state index is 6.04. The molecule has 0 radical (unpaired) electrons. The first-order valence-corrected chi connectivity index (χ1v) is 10.4. The molecule has 0 N–H and O–H groups in total. The van der Waals surface area contributed by atoms with Crippen LogP contribution in [-0.4, -0.2) is 19.7 Å². The summed E-state index contributed by atoms with van der Waals surface area (Å²) in [6.07, 6.45) is 9.31. The van der Waals surface area contributed by atoms with Crippen LogP contribution in [0.5, 0.6) is 5.75 Å². The fraction of sp³-hybridized carbons (Fsp3) is 0.500. The molecule has 0 amide bonds. The largest absolute Gasteiger partial charge is 0.492 e. The summed E-state index contributed by atoms with van der Waals surface area (Å²) in [7, 11) is 0. The van der Waals surface area contributed by atoms with E-state index < -0.39 is 0 Å². The number of benzene rings is 2. The van der Waals surface area contributed by atoms with Crippen LogP contribution in [0.3, 0.4) is 0 Å². The smallest absolute Gasteiger partial charge is 0.119 e. The fourth-order valence-electron chi connectivity index (χ4n) is 3.90. The molecule has 0 heterocycles. The third-order valence-electron chi connectivity index (χ3n) is 5.49. The first-order chi connectivity index (χ1) is 12.9. The average molecular weight is 352 g/mol. The maximum Gasteiger partial charge on any atom is 0.119 e. The van der Waals surface area contributed by atoms with Gasteiger partial charge in [-0.3, -0.25) is 0 Å². The highest BCUT2D eigenvalue weighted by Gasteiger charge is 2.15. The number of unbranched alkanes of at least 4 members (excludes halogenated alkanes) is 1. The molecule has 140 valence electrons. The zero-order chi connectivity index (χ0) is 18.0. The standard InChI is InChI=1S/C24H33NO/c1-2-3-18-25(23-12-8-5-9-13-23)19-20-26-24-16-14-22(15-17-24)21-10-6-4-7-11-21/h5,8-9,12-17,21H,2-4,6-7,10-11,18-20H2,1H3. The van der Waals surface area contributed by atoms with E-state index in [1.54, 1.807) is 0 Å². The number of hydrogen-bond acceptors (Lipinski definition) is 2. The van der Waals surface area contributed by atoms with Crippen molar-refractivity contribution in [3.05, 3.63) is 60.2 Å². The van der Waals surface area contributed by atoms with Crippen LogP contribution in [0.15, 0.2) is 54.6 Å². The van der Waals surface area contributed by atoms with Gasteiger partial charge in [0.25, 0.3) is 0 Å². The minimum absolute atomic E-state index is 0.724. The molecule has 0 bridgehead atoms. The number of para-hydroxylation sites is 1. The van der Waals surface area contributed by atoms with Gasteiger partial charge in [0.15, 0.2) is 0 Å². The molecule has 0 aromatic heterocycles. The van der Waals surface area contributed by atoms with Crippen molar-refractivity contribution in [3.63, 3.8) is 0 Å². The van der Waals surface area contributed by atoms with Gasteiger partial charge in [-0.25, -0.2) is 0 Å². The summed E-state index contributed by atoms with van der Waals surface area (Å²) in [5, 5.41) is 0. The molecule has 1 aliphatic rings. The fourth-order valence-corrected chi connectivity index (χ4v) is 3.90. The monoisotopic (exact) mass is 351 g/mol. The van der Waals surface area contributed by atoms with Crippen molar-refractivity contribution in [1.82, 2.24) is 0 Å². The van der Waals surface area contributed by atoms with Crippen LogP contribution < -0.4 is 9.64 Å². The van der Waals surface area contributed by atoms with Gasteiger partial charge in [0.2, 0.25) is 0 Å². The molecule has 0 unspecified atom stereocenters. The Morgan fingerprint density at radius 2 is 1.62 bits per heavy atom. The molecule has 2 aromatic rings. The van der Waals surface area contributed by atoms with Crippen molar-refractivity contribution < 1.29 is 4.74 Å². The molecule has 26 heavy (non-hydrogen) atoms. The van der Waals surface area contributed by atoms with Gasteiger partial charge >= 0.3 is 0 Å². The molecule has 0 saturated heterocycles. The van der Waals surface area contributed by atoms with Crippen LogP contribution in [0.1, 0.15) is 63.4 Å². The van der Waals surface area contributed by atoms with Crippen molar-refractivity contribution in [2.24, 2.45) is 0 Å². The Balaban J connectivity index is 1.50. The van der Waals surface area contributed by atoms with Gasteiger partial charge in [-0.2, -0.15) is 0 Å². The van der Waals surface area contributed by atoms with E-state index in [-0.39, 0.29) is 0 Å². The van der Waals surface area contributed by atoms with Gasteiger partial charge < -0.3 is 9.64 Å². The van der Waals surface area contributed by atoms with E-state index >= 15 is 0 Å². The summed E-state index contributed by atoms with van der Waals surface area (Å²) in [6.45, 7) is 4.98. The second kappa shape index (κ2) is 10.3. The topological polar surface area (TPSA) is 12.5 Å². The summed E-state index contributed by atoms with van der Waals surface area (Å²) < 4.78 is 6.04. The molecule has 0 spiro atoms. The van der Waals surface area contributed by atoms with E-state index in [1.807, 2.05) is 0 Å². The summed E-state index contributed by atoms with van der Waals surface area (Å²) in [5.74, 6) is 1.76. The molecular formula is C24H33NO. The summed E-state index contributed by atoms with van der Waals surface area (Å²) in [6, 6.07) is 19.5. The quantitative estimate of drug-likeness (QED) is 0.517. The van der Waals surface area contributed by atoms with E-state index in [0.717, 1.165) is 31.4 Å². The molecule has 2 heteroatoms. The lowest BCUT2D eigenvalue weighted by molar-refractivity contribution is 0.323. The molecule has 2 aromatic carbocycles. The third-order valence-corrected chi connectivity index (χ3v) is 5.49. The van der Waals surface area contributed by atoms with Crippen molar-refractivity contribution in [1.29, 1.82) is 0 Å². The molecule has 1 aliphatic carbocycles. The lowest BCUT2D eigenvalue weighted by atomic mass is 9.84. The van der Waals surface area contributed by atoms with Crippen molar-refractivity contribution in [2.75, 3.05) is 24.6 Å². The number of rotatable bonds is 9. The first-order valence-electron chi connectivity index (χ1n) is 10.4. The molecule has 0 atom stereocenters. The highest BCUT2D eigenvalue weighted by molar-refractivity contribution is 5.45. The second-order valence-corrected chi connectivity index (χ2v) is 7.43. The molecular weight excluding hydrogens is 318 g/mol. The highest BCUT2D eigenvalue weighted by Crippen LogP contribution is 2.33. The third kappa shape index (κ3) is 5.52. The molecule has 2 nitrogen and oxygen atoms in total. The number of anilines is 1. The van der Waals surface area contributed by atoms with Crippen LogP contribution in [-0.2, 0) is 0 Å². The van der Waals surface area contributed by atoms with Gasteiger partial charge in [-0.05, 0) is 55.0 Å². The molecule has 0 aliphatic heterocycles. The lowest BCUT2D eigenvalue weighted by Gasteiger charge is -2.25. The number of ether oxygens (including phenoxy) is 1. The van der Waals surface area contributed by atoms with E-state index in [9.17, 15) is 0 Å². The maximum absolute atomic E-state index is 6.04. The van der Waals surface area contributed by atoms with Gasteiger partial charge in [0.05, 0.1) is 6.54 Å². The summed E-state index contributed by atoms with van der Waals surface area (Å²) in [5.41, 5.74) is 2.78. The minimum Gasteiger partial charge on any atom is -0.492 e. The Morgan fingerprint density at radius 3 is 2.31 bits per heavy atom. The van der Waals surface area contributed by atoms with Crippen LogP contribution in [0, 0.1) is 0 Å². The van der Waals surface area contributed by atoms with Crippen LogP contribution >= 0.6 is 0 Å². The normalized spacial score (nSPS) is 15.0. The van der Waals surface area contributed by atoms with Gasteiger partial charge in [-0.1, -0.05) is 62.9 Å². The van der Waals surface area contributed by atoms with Crippen LogP contribution in [0.25, 0.3) is 0 Å². The van der Waals surface area contributed by atoms with Crippen molar-refractivity contribution in [3.8, 4) is 5.75 Å². The Morgan fingerprint density at radius 1 is 0.885 bits per heavy atom. The minimum atomic E-state index is 0.724. The van der Waals surface area contributed by atoms with E-state index in [4.69, 9.17) is 4.74 Å². The van der Waals surface area contributed by atoms with Gasteiger partial charge in [-0.15, -0.1) is 0 Å². The molecule has 3 rings (SSSR count). The number of nitrogens with zero attached hydrogens (tertiary/aromatic N) is 1. The highest BCUT2D eigenvalue weighted by atomic mass is 16.5. The Kier molecular flexibility index (Phi) is 7.42. The van der Waals surface area contributed by atoms with Crippen LogP contribution in [0.2, 0.25) is 0 Å². The second-order valence-electron chi connectivity index (χ2n) is 7.43. The van der Waals surface area contributed by atoms with Gasteiger partial charge in [0, 0.05) is 12.2 Å². The summed E-state index contributed by atoms with van der Waals surface area (Å²) >= 11 is 0. The SMILES string of the molecule is CCCCN(CCOc1ccc(C2CCCCC2)cc1)c1ccccc1. The zero-order valence-electron chi connectivity index (χ0n) is 16.2. The van der Waals surface area contributed by atoms with E-state index in [2.05, 4.69) is 66.4 Å². The lowest BCUT2D eigenvalue weighted by Crippen LogP contribution is -2.29. The first kappa shape index (κ1) is 18.8. The average Bonchev–Trinajstić information content (AvgIpc) is 2.72.